The monoisotopic (exact) mass is 218 g/mol. The Balaban J connectivity index is 2.01. The van der Waals surface area contributed by atoms with Crippen molar-refractivity contribution in [2.75, 3.05) is 13.2 Å². The zero-order chi connectivity index (χ0) is 10.6. The first-order valence-corrected chi connectivity index (χ1v) is 5.93. The quantitative estimate of drug-likeness (QED) is 0.609. The average molecular weight is 218 g/mol. The Labute approximate surface area is 91.2 Å². The SMILES string of the molecule is C1CCCCCOOONNCCCC1. The predicted octanol–water partition coefficient (Wildman–Crippen LogP) is 2.01. The summed E-state index contributed by atoms with van der Waals surface area (Å²) in [7, 11) is 0. The molecule has 1 fully saturated rings. The van der Waals surface area contributed by atoms with Gasteiger partial charge in [0, 0.05) is 6.54 Å². The van der Waals surface area contributed by atoms with Crippen LogP contribution >= 0.6 is 0 Å². The summed E-state index contributed by atoms with van der Waals surface area (Å²) in [4.78, 5) is 9.31. The van der Waals surface area contributed by atoms with Crippen LogP contribution < -0.4 is 11.0 Å². The molecule has 0 atom stereocenters. The molecule has 0 bridgehead atoms. The van der Waals surface area contributed by atoms with Gasteiger partial charge in [-0.05, 0) is 17.9 Å². The molecule has 1 saturated heterocycles. The third kappa shape index (κ3) is 8.77. The summed E-state index contributed by atoms with van der Waals surface area (Å²) in [5.74, 6) is 0. The highest BCUT2D eigenvalue weighted by atomic mass is 17.5. The van der Waals surface area contributed by atoms with Crippen LogP contribution in [0, 0.1) is 0 Å². The van der Waals surface area contributed by atoms with Crippen LogP contribution in [0.4, 0.5) is 0 Å². The van der Waals surface area contributed by atoms with Crippen LogP contribution in [0.15, 0.2) is 0 Å². The minimum atomic E-state index is 0.585. The van der Waals surface area contributed by atoms with E-state index in [9.17, 15) is 0 Å². The van der Waals surface area contributed by atoms with Crippen LogP contribution in [0.2, 0.25) is 0 Å². The van der Waals surface area contributed by atoms with Crippen molar-refractivity contribution >= 4 is 0 Å². The van der Waals surface area contributed by atoms with Crippen molar-refractivity contribution in [1.82, 2.24) is 11.0 Å². The van der Waals surface area contributed by atoms with E-state index in [1.54, 1.807) is 0 Å². The minimum absolute atomic E-state index is 0.585. The summed E-state index contributed by atoms with van der Waals surface area (Å²) >= 11 is 0. The van der Waals surface area contributed by atoms with Crippen molar-refractivity contribution in [3.05, 3.63) is 0 Å². The van der Waals surface area contributed by atoms with Gasteiger partial charge in [-0.25, -0.2) is 10.3 Å². The fourth-order valence-corrected chi connectivity index (χ4v) is 1.59. The van der Waals surface area contributed by atoms with Gasteiger partial charge in [0.15, 0.2) is 0 Å². The van der Waals surface area contributed by atoms with E-state index >= 15 is 0 Å². The molecule has 0 radical (unpaired) electrons. The Morgan fingerprint density at radius 3 is 2.20 bits per heavy atom. The normalized spacial score (nSPS) is 24.0. The summed E-state index contributed by atoms with van der Waals surface area (Å²) in [6.45, 7) is 1.46. The molecule has 0 unspecified atom stereocenters. The molecule has 0 saturated carbocycles. The Morgan fingerprint density at radius 1 is 0.733 bits per heavy atom. The fourth-order valence-electron chi connectivity index (χ4n) is 1.59. The van der Waals surface area contributed by atoms with Gasteiger partial charge in [-0.1, -0.05) is 43.5 Å². The van der Waals surface area contributed by atoms with E-state index in [2.05, 4.69) is 21.0 Å². The second-order valence-electron chi connectivity index (χ2n) is 3.83. The number of rotatable bonds is 0. The van der Waals surface area contributed by atoms with Gasteiger partial charge in [0.05, 0.1) is 6.61 Å². The molecule has 0 spiro atoms. The van der Waals surface area contributed by atoms with Crippen molar-refractivity contribution in [2.24, 2.45) is 0 Å². The van der Waals surface area contributed by atoms with Crippen molar-refractivity contribution in [1.29, 1.82) is 0 Å². The fraction of sp³-hybridized carbons (Fsp3) is 1.00. The summed E-state index contributed by atoms with van der Waals surface area (Å²) < 4.78 is 0. The number of hydrogen-bond donors (Lipinski definition) is 2. The van der Waals surface area contributed by atoms with Crippen LogP contribution in [-0.4, -0.2) is 13.2 Å². The second kappa shape index (κ2) is 10.3. The Bertz CT molecular complexity index is 77.2. The Hall–Kier alpha value is -0.200. The third-order valence-corrected chi connectivity index (χ3v) is 2.48. The Morgan fingerprint density at radius 2 is 1.40 bits per heavy atom. The summed E-state index contributed by atoms with van der Waals surface area (Å²) in [6.07, 6.45) is 9.95. The van der Waals surface area contributed by atoms with Gasteiger partial charge in [0.1, 0.15) is 0 Å². The smallest absolute Gasteiger partial charge is 0.0854 e. The summed E-state index contributed by atoms with van der Waals surface area (Å²) in [5.41, 5.74) is 5.34. The summed E-state index contributed by atoms with van der Waals surface area (Å²) in [5, 5.41) is 4.44. The van der Waals surface area contributed by atoms with E-state index in [4.69, 9.17) is 4.89 Å². The van der Waals surface area contributed by atoms with Gasteiger partial charge in [-0.2, -0.15) is 0 Å². The molecule has 1 aliphatic heterocycles. The molecule has 1 heterocycles. The van der Waals surface area contributed by atoms with E-state index in [1.165, 1.54) is 38.5 Å². The van der Waals surface area contributed by atoms with E-state index in [1.807, 2.05) is 0 Å². The molecule has 0 aromatic rings. The first-order valence-electron chi connectivity index (χ1n) is 5.93. The highest BCUT2D eigenvalue weighted by molar-refractivity contribution is 4.47. The standard InChI is InChI=1S/C10H22N2O3/c1-2-4-6-8-10-13-15-14-12-11-9-7-5-3-1/h11-12H,1-10H2. The molecule has 0 aromatic carbocycles. The molecule has 2 N–H and O–H groups in total. The topological polar surface area (TPSA) is 51.8 Å². The molecule has 5 nitrogen and oxygen atoms in total. The molecule has 0 aliphatic carbocycles. The maximum absolute atomic E-state index is 4.78. The van der Waals surface area contributed by atoms with Crippen molar-refractivity contribution in [3.8, 4) is 0 Å². The lowest BCUT2D eigenvalue weighted by Crippen LogP contribution is -2.32. The molecule has 1 rings (SSSR count). The number of hydrogen-bond acceptors (Lipinski definition) is 5. The van der Waals surface area contributed by atoms with Gasteiger partial charge >= 0.3 is 0 Å². The zero-order valence-electron chi connectivity index (χ0n) is 9.30. The lowest BCUT2D eigenvalue weighted by molar-refractivity contribution is -0.538. The molecular formula is C10H22N2O3. The number of nitrogens with one attached hydrogen (secondary N) is 2. The highest BCUT2D eigenvalue weighted by Crippen LogP contribution is 2.08. The highest BCUT2D eigenvalue weighted by Gasteiger charge is 1.95. The molecule has 15 heavy (non-hydrogen) atoms. The zero-order valence-corrected chi connectivity index (χ0v) is 9.30. The van der Waals surface area contributed by atoms with Gasteiger partial charge in [-0.15, -0.1) is 5.59 Å². The third-order valence-electron chi connectivity index (χ3n) is 2.48. The first-order chi connectivity index (χ1) is 7.50. The van der Waals surface area contributed by atoms with Crippen LogP contribution in [0.25, 0.3) is 0 Å². The van der Waals surface area contributed by atoms with Crippen LogP contribution in [0.1, 0.15) is 51.4 Å². The van der Waals surface area contributed by atoms with Crippen molar-refractivity contribution in [3.63, 3.8) is 0 Å². The number of hydrazine groups is 1. The Kier molecular flexibility index (Phi) is 8.85. The lowest BCUT2D eigenvalue weighted by atomic mass is 10.1. The molecule has 0 aromatic heterocycles. The molecule has 90 valence electrons. The summed E-state index contributed by atoms with van der Waals surface area (Å²) in [6, 6.07) is 0. The van der Waals surface area contributed by atoms with Crippen molar-refractivity contribution in [2.45, 2.75) is 51.4 Å². The first kappa shape index (κ1) is 12.9. The lowest BCUT2D eigenvalue weighted by Gasteiger charge is -2.04. The van der Waals surface area contributed by atoms with Gasteiger partial charge in [-0.3, -0.25) is 0 Å². The average Bonchev–Trinajstić information content (AvgIpc) is 2.27. The molecule has 5 heteroatoms. The van der Waals surface area contributed by atoms with E-state index in [-0.39, 0.29) is 0 Å². The van der Waals surface area contributed by atoms with Crippen LogP contribution in [-0.2, 0) is 14.9 Å². The largest absolute Gasteiger partial charge is 0.232 e. The predicted molar refractivity (Wildman–Crippen MR) is 56.2 cm³/mol. The maximum atomic E-state index is 4.78. The van der Waals surface area contributed by atoms with Gasteiger partial charge in [0.25, 0.3) is 0 Å². The van der Waals surface area contributed by atoms with Crippen LogP contribution in [0.3, 0.4) is 0 Å². The van der Waals surface area contributed by atoms with Gasteiger partial charge in [0.2, 0.25) is 0 Å². The van der Waals surface area contributed by atoms with E-state index in [0.29, 0.717) is 6.61 Å². The van der Waals surface area contributed by atoms with Crippen molar-refractivity contribution < 1.29 is 14.9 Å². The van der Waals surface area contributed by atoms with Crippen LogP contribution in [0.5, 0.6) is 0 Å². The minimum Gasteiger partial charge on any atom is -0.232 e. The van der Waals surface area contributed by atoms with Gasteiger partial charge < -0.3 is 0 Å². The second-order valence-corrected chi connectivity index (χ2v) is 3.83. The molecular weight excluding hydrogens is 196 g/mol. The molecule has 0 amide bonds. The maximum Gasteiger partial charge on any atom is 0.0854 e. The van der Waals surface area contributed by atoms with E-state index < -0.39 is 0 Å². The van der Waals surface area contributed by atoms with E-state index in [0.717, 1.165) is 19.4 Å². The molecule has 1 aliphatic rings.